The Kier molecular flexibility index (Phi) is 2.17. The molecule has 0 radical (unpaired) electrons. The van der Waals surface area contributed by atoms with E-state index >= 15 is 0 Å². The standard InChI is InChI=1S/C8H13BN2O/c9-7-4-5-11(10-7)8-3-1-2-6-12-8/h4-5,8H,1-3,6,9H2. The summed E-state index contributed by atoms with van der Waals surface area (Å²) in [5, 5.41) is 4.33. The molecule has 4 heteroatoms. The normalized spacial score (nSPS) is 24.2. The van der Waals surface area contributed by atoms with Gasteiger partial charge >= 0.3 is 0 Å². The molecule has 2 rings (SSSR count). The zero-order valence-electron chi connectivity index (χ0n) is 7.36. The Morgan fingerprint density at radius 2 is 2.50 bits per heavy atom. The van der Waals surface area contributed by atoms with Crippen LogP contribution in [-0.4, -0.2) is 24.2 Å². The molecule has 1 saturated heterocycles. The predicted molar refractivity (Wildman–Crippen MR) is 49.2 cm³/mol. The summed E-state index contributed by atoms with van der Waals surface area (Å²) in [6.45, 7) is 0.879. The van der Waals surface area contributed by atoms with E-state index in [2.05, 4.69) is 5.10 Å². The number of aromatic nitrogens is 2. The molecule has 0 spiro atoms. The minimum atomic E-state index is 0.187. The Bertz CT molecular complexity index is 255. The van der Waals surface area contributed by atoms with E-state index in [-0.39, 0.29) is 6.23 Å². The molecule has 64 valence electrons. The van der Waals surface area contributed by atoms with Crippen molar-refractivity contribution >= 4 is 13.4 Å². The van der Waals surface area contributed by atoms with E-state index in [1.54, 1.807) is 0 Å². The van der Waals surface area contributed by atoms with Gasteiger partial charge in [0.2, 0.25) is 0 Å². The Labute approximate surface area is 73.1 Å². The average molecular weight is 164 g/mol. The van der Waals surface area contributed by atoms with Crippen molar-refractivity contribution in [1.82, 2.24) is 9.78 Å². The van der Waals surface area contributed by atoms with E-state index in [4.69, 9.17) is 4.74 Å². The molecular weight excluding hydrogens is 151 g/mol. The number of nitrogens with zero attached hydrogens (tertiary/aromatic N) is 2. The molecular formula is C8H13BN2O. The van der Waals surface area contributed by atoms with E-state index in [9.17, 15) is 0 Å². The molecule has 1 aromatic heterocycles. The molecule has 12 heavy (non-hydrogen) atoms. The van der Waals surface area contributed by atoms with E-state index in [1.165, 1.54) is 12.8 Å². The zero-order chi connectivity index (χ0) is 8.39. The van der Waals surface area contributed by atoms with Crippen molar-refractivity contribution < 1.29 is 4.74 Å². The van der Waals surface area contributed by atoms with Crippen LogP contribution in [0.25, 0.3) is 0 Å². The molecule has 1 aromatic rings. The summed E-state index contributed by atoms with van der Waals surface area (Å²) >= 11 is 0. The predicted octanol–water partition coefficient (Wildman–Crippen LogP) is -0.159. The summed E-state index contributed by atoms with van der Waals surface area (Å²) in [6, 6.07) is 2.01. The lowest BCUT2D eigenvalue weighted by molar-refractivity contribution is -0.0392. The lowest BCUT2D eigenvalue weighted by Crippen LogP contribution is -2.20. The van der Waals surface area contributed by atoms with Crippen molar-refractivity contribution in [2.24, 2.45) is 0 Å². The average Bonchev–Trinajstić information content (AvgIpc) is 2.54. The van der Waals surface area contributed by atoms with Crippen molar-refractivity contribution in [3.63, 3.8) is 0 Å². The number of hydrogen-bond donors (Lipinski definition) is 0. The lowest BCUT2D eigenvalue weighted by Gasteiger charge is -2.22. The van der Waals surface area contributed by atoms with Gasteiger partial charge in [0.05, 0.1) is 0 Å². The highest BCUT2D eigenvalue weighted by Gasteiger charge is 2.15. The molecule has 1 aliphatic rings. The molecule has 0 N–H and O–H groups in total. The first kappa shape index (κ1) is 7.86. The number of hydrogen-bond acceptors (Lipinski definition) is 2. The van der Waals surface area contributed by atoms with Gasteiger partial charge in [-0.05, 0) is 25.3 Å². The highest BCUT2D eigenvalue weighted by molar-refractivity contribution is 6.30. The molecule has 1 atom stereocenters. The van der Waals surface area contributed by atoms with Crippen LogP contribution in [0.5, 0.6) is 0 Å². The van der Waals surface area contributed by atoms with Crippen LogP contribution in [0.1, 0.15) is 25.5 Å². The molecule has 1 unspecified atom stereocenters. The molecule has 0 amide bonds. The van der Waals surface area contributed by atoms with E-state index in [0.29, 0.717) is 0 Å². The van der Waals surface area contributed by atoms with Gasteiger partial charge in [-0.25, -0.2) is 4.68 Å². The summed E-state index contributed by atoms with van der Waals surface area (Å²) in [5.41, 5.74) is 1.06. The largest absolute Gasteiger partial charge is 0.357 e. The van der Waals surface area contributed by atoms with Crippen molar-refractivity contribution in [1.29, 1.82) is 0 Å². The highest BCUT2D eigenvalue weighted by atomic mass is 16.5. The van der Waals surface area contributed by atoms with E-state index in [1.807, 2.05) is 24.8 Å². The first-order chi connectivity index (χ1) is 5.86. The maximum absolute atomic E-state index is 5.58. The summed E-state index contributed by atoms with van der Waals surface area (Å²) in [6.07, 6.45) is 5.72. The lowest BCUT2D eigenvalue weighted by atomic mass is 10.1. The Morgan fingerprint density at radius 1 is 1.58 bits per heavy atom. The SMILES string of the molecule is Bc1ccn(C2CCCCO2)n1. The third-order valence-corrected chi connectivity index (χ3v) is 2.19. The molecule has 0 saturated carbocycles. The summed E-state index contributed by atoms with van der Waals surface area (Å²) in [7, 11) is 2.00. The van der Waals surface area contributed by atoms with Gasteiger partial charge in [-0.1, -0.05) is 0 Å². The van der Waals surface area contributed by atoms with Gasteiger partial charge in [0.25, 0.3) is 0 Å². The number of ether oxygens (including phenoxy) is 1. The second-order valence-electron chi connectivity index (χ2n) is 3.26. The van der Waals surface area contributed by atoms with Crippen LogP contribution < -0.4 is 5.59 Å². The van der Waals surface area contributed by atoms with Gasteiger partial charge in [0.1, 0.15) is 6.23 Å². The molecule has 0 aliphatic carbocycles. The molecule has 2 heterocycles. The maximum Gasteiger partial charge on any atom is 0.166 e. The maximum atomic E-state index is 5.58. The highest BCUT2D eigenvalue weighted by Crippen LogP contribution is 2.20. The Balaban J connectivity index is 2.08. The summed E-state index contributed by atoms with van der Waals surface area (Å²) in [5.74, 6) is 0. The van der Waals surface area contributed by atoms with Crippen LogP contribution >= 0.6 is 0 Å². The van der Waals surface area contributed by atoms with Gasteiger partial charge in [0, 0.05) is 18.4 Å². The second-order valence-corrected chi connectivity index (χ2v) is 3.26. The van der Waals surface area contributed by atoms with E-state index < -0.39 is 0 Å². The van der Waals surface area contributed by atoms with Crippen LogP contribution in [0.2, 0.25) is 0 Å². The van der Waals surface area contributed by atoms with Crippen molar-refractivity contribution in [3.8, 4) is 0 Å². The fourth-order valence-electron chi connectivity index (χ4n) is 1.53. The second kappa shape index (κ2) is 3.31. The van der Waals surface area contributed by atoms with Gasteiger partial charge in [-0.2, -0.15) is 5.10 Å². The third-order valence-electron chi connectivity index (χ3n) is 2.19. The fraction of sp³-hybridized carbons (Fsp3) is 0.625. The van der Waals surface area contributed by atoms with Gasteiger partial charge in [0.15, 0.2) is 7.85 Å². The van der Waals surface area contributed by atoms with Crippen LogP contribution in [0.15, 0.2) is 12.3 Å². The summed E-state index contributed by atoms with van der Waals surface area (Å²) in [4.78, 5) is 0. The molecule has 1 aliphatic heterocycles. The quantitative estimate of drug-likeness (QED) is 0.539. The fourth-order valence-corrected chi connectivity index (χ4v) is 1.53. The first-order valence-electron chi connectivity index (χ1n) is 4.49. The van der Waals surface area contributed by atoms with Crippen molar-refractivity contribution in [2.45, 2.75) is 25.5 Å². The molecule has 0 bridgehead atoms. The van der Waals surface area contributed by atoms with Gasteiger partial charge < -0.3 is 4.74 Å². The topological polar surface area (TPSA) is 27.1 Å². The van der Waals surface area contributed by atoms with Gasteiger partial charge in [-0.15, -0.1) is 0 Å². The van der Waals surface area contributed by atoms with E-state index in [0.717, 1.165) is 18.6 Å². The summed E-state index contributed by atoms with van der Waals surface area (Å²) < 4.78 is 7.50. The van der Waals surface area contributed by atoms with Crippen LogP contribution in [0, 0.1) is 0 Å². The minimum absolute atomic E-state index is 0.187. The molecule has 1 fully saturated rings. The third kappa shape index (κ3) is 1.53. The minimum Gasteiger partial charge on any atom is -0.357 e. The zero-order valence-corrected chi connectivity index (χ0v) is 7.36. The van der Waals surface area contributed by atoms with Crippen LogP contribution in [-0.2, 0) is 4.74 Å². The van der Waals surface area contributed by atoms with Crippen molar-refractivity contribution in [2.75, 3.05) is 6.61 Å². The smallest absolute Gasteiger partial charge is 0.166 e. The molecule has 0 aromatic carbocycles. The Morgan fingerprint density at radius 3 is 3.08 bits per heavy atom. The van der Waals surface area contributed by atoms with Crippen LogP contribution in [0.4, 0.5) is 0 Å². The Hall–Kier alpha value is -0.765. The van der Waals surface area contributed by atoms with Crippen LogP contribution in [0.3, 0.4) is 0 Å². The first-order valence-corrected chi connectivity index (χ1v) is 4.49. The number of rotatable bonds is 1. The van der Waals surface area contributed by atoms with Crippen molar-refractivity contribution in [3.05, 3.63) is 12.3 Å². The molecule has 3 nitrogen and oxygen atoms in total. The van der Waals surface area contributed by atoms with Gasteiger partial charge in [-0.3, -0.25) is 0 Å². The monoisotopic (exact) mass is 164 g/mol.